The second kappa shape index (κ2) is 2.77. The molecule has 3 nitrogen and oxygen atoms in total. The van der Waals surface area contributed by atoms with Gasteiger partial charge in [-0.1, -0.05) is 0 Å². The van der Waals surface area contributed by atoms with E-state index < -0.39 is 8.73 Å². The van der Waals surface area contributed by atoms with Crippen LogP contribution in [-0.4, -0.2) is 23.1 Å². The van der Waals surface area contributed by atoms with Crippen molar-refractivity contribution in [2.75, 3.05) is 6.54 Å². The molecule has 1 fully saturated rings. The summed E-state index contributed by atoms with van der Waals surface area (Å²) in [7, 11) is -0.690. The number of hydrogen-bond acceptors (Lipinski definition) is 2. The Bertz CT molecular complexity index is 174. The van der Waals surface area contributed by atoms with Crippen LogP contribution in [0.5, 0.6) is 0 Å². The van der Waals surface area contributed by atoms with E-state index in [4.69, 9.17) is 0 Å². The van der Waals surface area contributed by atoms with Gasteiger partial charge in [0, 0.05) is 0 Å². The first kappa shape index (κ1) is 6.47. The molecule has 0 N–H and O–H groups in total. The van der Waals surface area contributed by atoms with Crippen LogP contribution in [0, 0.1) is 0 Å². The number of carbonyl (C=O) groups excluding carboxylic acids is 2. The third-order valence-electron chi connectivity index (χ3n) is 1.34. The number of β-lactam (4-membered cyclic amide) rings is 1. The Balaban J connectivity index is 2.28. The number of carbonyl (C=O) groups is 1. The fourth-order valence-corrected chi connectivity index (χ4v) is 1.70. The molecule has 0 radical (unpaired) electrons. The summed E-state index contributed by atoms with van der Waals surface area (Å²) in [6.45, 7) is 0.850. The number of rotatable bonds is 2. The van der Waals surface area contributed by atoms with E-state index in [-0.39, 0.29) is 5.91 Å². The average molecular weight is 145 g/mol. The number of amides is 1. The quantitative estimate of drug-likeness (QED) is 0.302. The summed E-state index contributed by atoms with van der Waals surface area (Å²) in [5, 5.41) is 0. The third kappa shape index (κ3) is 1.38. The van der Waals surface area contributed by atoms with Crippen LogP contribution in [0.25, 0.3) is 0 Å². The summed E-state index contributed by atoms with van der Waals surface area (Å²) >= 11 is 0. The first-order valence-electron chi connectivity index (χ1n) is 2.81. The van der Waals surface area contributed by atoms with Gasteiger partial charge >= 0.3 is 53.6 Å². The Kier molecular flexibility index (Phi) is 1.99. The molecule has 1 aliphatic rings. The van der Waals surface area contributed by atoms with Crippen LogP contribution >= 0.6 is 8.73 Å². The Morgan fingerprint density at radius 2 is 2.56 bits per heavy atom. The van der Waals surface area contributed by atoms with E-state index in [9.17, 15) is 9.59 Å². The van der Waals surface area contributed by atoms with Crippen LogP contribution in [0.2, 0.25) is 0 Å². The molecule has 0 aliphatic carbocycles. The van der Waals surface area contributed by atoms with Gasteiger partial charge in [0.15, 0.2) is 0 Å². The van der Waals surface area contributed by atoms with Crippen LogP contribution in [0.1, 0.15) is 6.42 Å². The zero-order valence-corrected chi connectivity index (χ0v) is 6.38. The van der Waals surface area contributed by atoms with Crippen LogP contribution in [0.15, 0.2) is 5.82 Å². The number of hydrogen-bond donors (Lipinski definition) is 0. The van der Waals surface area contributed by atoms with Gasteiger partial charge in [0.05, 0.1) is 0 Å². The summed E-state index contributed by atoms with van der Waals surface area (Å²) in [6, 6.07) is 0. The van der Waals surface area contributed by atoms with Crippen LogP contribution in [0.3, 0.4) is 0 Å². The monoisotopic (exact) mass is 145 g/mol. The van der Waals surface area contributed by atoms with Gasteiger partial charge in [0.25, 0.3) is 0 Å². The molecule has 0 saturated carbocycles. The standard InChI is InChI=1S/C5H8NO2P/c7-3-4-9-6-2-1-5(6)8/h4H,1-2H2,9H3. The minimum atomic E-state index is -0.690. The van der Waals surface area contributed by atoms with Crippen LogP contribution < -0.4 is 0 Å². The molecule has 0 bridgehead atoms. The van der Waals surface area contributed by atoms with Crippen molar-refractivity contribution in [2.45, 2.75) is 6.42 Å². The summed E-state index contributed by atoms with van der Waals surface area (Å²) < 4.78 is 1.74. The average Bonchev–Trinajstić information content (AvgIpc) is 1.86. The minimum absolute atomic E-state index is 0.188. The van der Waals surface area contributed by atoms with E-state index in [0.717, 1.165) is 6.54 Å². The Labute approximate surface area is 54.6 Å². The van der Waals surface area contributed by atoms with Gasteiger partial charge < -0.3 is 0 Å². The van der Waals surface area contributed by atoms with E-state index >= 15 is 0 Å². The molecule has 1 saturated heterocycles. The molecule has 50 valence electrons. The van der Waals surface area contributed by atoms with E-state index in [1.165, 1.54) is 5.82 Å². The molecule has 1 heterocycles. The maximum atomic E-state index is 10.5. The summed E-state index contributed by atoms with van der Waals surface area (Å²) in [5.41, 5.74) is 0. The van der Waals surface area contributed by atoms with Crippen molar-refractivity contribution < 1.29 is 9.59 Å². The molecule has 1 aliphatic heterocycles. The van der Waals surface area contributed by atoms with Crippen molar-refractivity contribution in [3.05, 3.63) is 5.82 Å². The molecule has 0 atom stereocenters. The normalized spacial score (nSPS) is 16.9. The summed E-state index contributed by atoms with van der Waals surface area (Å²) in [6.07, 6.45) is 0.666. The van der Waals surface area contributed by atoms with Crippen LogP contribution in [0.4, 0.5) is 0 Å². The zero-order chi connectivity index (χ0) is 6.69. The Hall–Kier alpha value is -0.650. The van der Waals surface area contributed by atoms with Crippen molar-refractivity contribution in [1.29, 1.82) is 0 Å². The molecule has 9 heavy (non-hydrogen) atoms. The molecule has 0 aromatic carbocycles. The molecular weight excluding hydrogens is 137 g/mol. The first-order chi connectivity index (χ1) is 4.34. The fourth-order valence-electron chi connectivity index (χ4n) is 0.702. The third-order valence-corrected chi connectivity index (χ3v) is 2.80. The van der Waals surface area contributed by atoms with Gasteiger partial charge in [-0.2, -0.15) is 0 Å². The predicted molar refractivity (Wildman–Crippen MR) is 37.7 cm³/mol. The molecule has 0 aromatic rings. The Morgan fingerprint density at radius 1 is 1.78 bits per heavy atom. The van der Waals surface area contributed by atoms with Gasteiger partial charge in [0.2, 0.25) is 0 Å². The van der Waals surface area contributed by atoms with Crippen molar-refractivity contribution in [3.8, 4) is 0 Å². The second-order valence-corrected chi connectivity index (χ2v) is 3.45. The molecule has 1 amide bonds. The summed E-state index contributed by atoms with van der Waals surface area (Å²) in [5.74, 6) is 3.32. The molecule has 0 spiro atoms. The van der Waals surface area contributed by atoms with Crippen molar-refractivity contribution in [2.24, 2.45) is 0 Å². The van der Waals surface area contributed by atoms with Crippen molar-refractivity contribution >= 4 is 20.6 Å². The van der Waals surface area contributed by atoms with Crippen molar-refractivity contribution in [1.82, 2.24) is 4.67 Å². The predicted octanol–water partition coefficient (Wildman–Crippen LogP) is -0.378. The Morgan fingerprint density at radius 3 is 2.89 bits per heavy atom. The number of nitrogens with zero attached hydrogens (tertiary/aromatic N) is 1. The van der Waals surface area contributed by atoms with Gasteiger partial charge in [-0.15, -0.1) is 0 Å². The molecule has 4 heteroatoms. The van der Waals surface area contributed by atoms with E-state index in [2.05, 4.69) is 0 Å². The summed E-state index contributed by atoms with van der Waals surface area (Å²) in [4.78, 5) is 20.2. The van der Waals surface area contributed by atoms with E-state index in [0.29, 0.717) is 6.42 Å². The van der Waals surface area contributed by atoms with Gasteiger partial charge in [-0.05, 0) is 0 Å². The molecule has 0 aromatic heterocycles. The fraction of sp³-hybridized carbons (Fsp3) is 0.400. The SMILES string of the molecule is O=C=C[PH3]N1CCC1=O. The maximum absolute atomic E-state index is 10.5. The molecule has 0 unspecified atom stereocenters. The first-order valence-corrected chi connectivity index (χ1v) is 4.26. The van der Waals surface area contributed by atoms with Gasteiger partial charge in [-0.3, -0.25) is 0 Å². The zero-order valence-electron chi connectivity index (χ0n) is 4.96. The molecule has 1 rings (SSSR count). The topological polar surface area (TPSA) is 37.4 Å². The van der Waals surface area contributed by atoms with Gasteiger partial charge in [-0.25, -0.2) is 0 Å². The second-order valence-electron chi connectivity index (χ2n) is 1.91. The van der Waals surface area contributed by atoms with Gasteiger partial charge in [0.1, 0.15) is 0 Å². The van der Waals surface area contributed by atoms with E-state index in [1.807, 2.05) is 0 Å². The molecular formula is C5H8NO2P. The van der Waals surface area contributed by atoms with Crippen LogP contribution in [-0.2, 0) is 9.59 Å². The van der Waals surface area contributed by atoms with Crippen molar-refractivity contribution in [3.63, 3.8) is 0 Å². The van der Waals surface area contributed by atoms with E-state index in [1.54, 1.807) is 10.6 Å².